The first kappa shape index (κ1) is 12.1. The van der Waals surface area contributed by atoms with Crippen molar-refractivity contribution in [1.29, 1.82) is 5.26 Å². The highest BCUT2D eigenvalue weighted by Gasteiger charge is 2.21. The number of piperidine rings is 1. The molecular formula is C14H18N2O. The van der Waals surface area contributed by atoms with Crippen LogP contribution < -0.4 is 0 Å². The number of nitrogens with zero attached hydrogens (tertiary/aromatic N) is 2. The third kappa shape index (κ3) is 3.06. The molecule has 1 atom stereocenters. The normalized spacial score (nSPS) is 21.1. The molecule has 3 nitrogen and oxygen atoms in total. The van der Waals surface area contributed by atoms with Crippen LogP contribution in [-0.2, 0) is 6.54 Å². The average molecular weight is 230 g/mol. The Morgan fingerprint density at radius 3 is 3.06 bits per heavy atom. The maximum Gasteiger partial charge on any atom is 0.0991 e. The maximum absolute atomic E-state index is 9.35. The van der Waals surface area contributed by atoms with Gasteiger partial charge in [0.2, 0.25) is 0 Å². The first-order valence-corrected chi connectivity index (χ1v) is 6.17. The second kappa shape index (κ2) is 5.81. The molecule has 0 saturated carbocycles. The Hall–Kier alpha value is -1.37. The highest BCUT2D eigenvalue weighted by atomic mass is 16.3. The van der Waals surface area contributed by atoms with Crippen LogP contribution in [0.5, 0.6) is 0 Å². The van der Waals surface area contributed by atoms with Crippen LogP contribution in [0.25, 0.3) is 0 Å². The molecule has 1 aromatic carbocycles. The van der Waals surface area contributed by atoms with E-state index in [1.165, 1.54) is 12.8 Å². The standard InChI is InChI=1S/C14H18N2O/c15-9-12-4-3-5-13(8-12)10-16-7-2-1-6-14(16)11-17/h3-5,8,14,17H,1-2,6-7,10-11H2/t14-/m0/s1. The molecule has 1 aromatic rings. The lowest BCUT2D eigenvalue weighted by Crippen LogP contribution is -2.41. The maximum atomic E-state index is 9.35. The predicted octanol–water partition coefficient (Wildman–Crippen LogP) is 1.91. The van der Waals surface area contributed by atoms with Gasteiger partial charge in [0.05, 0.1) is 18.2 Å². The summed E-state index contributed by atoms with van der Waals surface area (Å²) in [6, 6.07) is 10.2. The quantitative estimate of drug-likeness (QED) is 0.862. The Morgan fingerprint density at radius 2 is 2.29 bits per heavy atom. The highest BCUT2D eigenvalue weighted by Crippen LogP contribution is 2.19. The molecule has 1 aliphatic heterocycles. The van der Waals surface area contributed by atoms with Crippen LogP contribution in [0, 0.1) is 11.3 Å². The summed E-state index contributed by atoms with van der Waals surface area (Å²) in [7, 11) is 0. The molecule has 1 N–H and O–H groups in total. The lowest BCUT2D eigenvalue weighted by atomic mass is 10.0. The molecule has 3 heteroatoms. The van der Waals surface area contributed by atoms with E-state index in [-0.39, 0.29) is 12.6 Å². The van der Waals surface area contributed by atoms with Crippen molar-refractivity contribution in [3.63, 3.8) is 0 Å². The van der Waals surface area contributed by atoms with Crippen molar-refractivity contribution in [3.05, 3.63) is 35.4 Å². The van der Waals surface area contributed by atoms with Gasteiger partial charge < -0.3 is 5.11 Å². The number of aliphatic hydroxyl groups excluding tert-OH is 1. The van der Waals surface area contributed by atoms with Crippen LogP contribution in [0.1, 0.15) is 30.4 Å². The van der Waals surface area contributed by atoms with Crippen molar-refractivity contribution in [2.45, 2.75) is 31.8 Å². The van der Waals surface area contributed by atoms with E-state index in [2.05, 4.69) is 11.0 Å². The van der Waals surface area contributed by atoms with Crippen molar-refractivity contribution in [3.8, 4) is 6.07 Å². The van der Waals surface area contributed by atoms with Gasteiger partial charge in [-0.1, -0.05) is 18.6 Å². The zero-order chi connectivity index (χ0) is 12.1. The first-order chi connectivity index (χ1) is 8.33. The molecule has 1 aliphatic rings. The average Bonchev–Trinajstić information content (AvgIpc) is 2.39. The van der Waals surface area contributed by atoms with E-state index in [4.69, 9.17) is 5.26 Å². The van der Waals surface area contributed by atoms with Gasteiger partial charge in [0.15, 0.2) is 0 Å². The molecule has 90 valence electrons. The van der Waals surface area contributed by atoms with Gasteiger partial charge in [-0.05, 0) is 37.1 Å². The van der Waals surface area contributed by atoms with Crippen LogP contribution in [0.15, 0.2) is 24.3 Å². The van der Waals surface area contributed by atoms with Gasteiger partial charge in [-0.25, -0.2) is 0 Å². The van der Waals surface area contributed by atoms with Gasteiger partial charge in [-0.2, -0.15) is 5.26 Å². The van der Waals surface area contributed by atoms with E-state index in [0.29, 0.717) is 5.56 Å². The zero-order valence-electron chi connectivity index (χ0n) is 9.97. The van der Waals surface area contributed by atoms with Crippen molar-refractivity contribution < 1.29 is 5.11 Å². The smallest absolute Gasteiger partial charge is 0.0991 e. The predicted molar refractivity (Wildman–Crippen MR) is 66.3 cm³/mol. The third-order valence-corrected chi connectivity index (χ3v) is 3.40. The summed E-state index contributed by atoms with van der Waals surface area (Å²) in [5.74, 6) is 0. The van der Waals surface area contributed by atoms with Gasteiger partial charge in [0.1, 0.15) is 0 Å². The van der Waals surface area contributed by atoms with Crippen LogP contribution in [0.2, 0.25) is 0 Å². The van der Waals surface area contributed by atoms with Crippen molar-refractivity contribution in [1.82, 2.24) is 4.90 Å². The Bertz CT molecular complexity index is 411. The molecule has 0 amide bonds. The van der Waals surface area contributed by atoms with E-state index in [0.717, 1.165) is 25.1 Å². The monoisotopic (exact) mass is 230 g/mol. The molecule has 1 heterocycles. The van der Waals surface area contributed by atoms with Crippen LogP contribution in [0.3, 0.4) is 0 Å². The van der Waals surface area contributed by atoms with Gasteiger partial charge in [0.25, 0.3) is 0 Å². The Morgan fingerprint density at radius 1 is 1.41 bits per heavy atom. The minimum absolute atomic E-state index is 0.234. The molecule has 0 aliphatic carbocycles. The number of nitriles is 1. The molecule has 0 spiro atoms. The highest BCUT2D eigenvalue weighted by molar-refractivity contribution is 5.32. The molecule has 0 radical (unpaired) electrons. The zero-order valence-corrected chi connectivity index (χ0v) is 9.97. The van der Waals surface area contributed by atoms with Crippen LogP contribution >= 0.6 is 0 Å². The Kier molecular flexibility index (Phi) is 4.13. The second-order valence-electron chi connectivity index (χ2n) is 4.61. The fourth-order valence-electron chi connectivity index (χ4n) is 2.45. The van der Waals surface area contributed by atoms with Crippen molar-refractivity contribution >= 4 is 0 Å². The van der Waals surface area contributed by atoms with E-state index in [1.807, 2.05) is 24.3 Å². The van der Waals surface area contributed by atoms with Gasteiger partial charge in [-0.3, -0.25) is 4.90 Å². The van der Waals surface area contributed by atoms with Gasteiger partial charge >= 0.3 is 0 Å². The van der Waals surface area contributed by atoms with E-state index in [1.54, 1.807) is 0 Å². The molecule has 1 fully saturated rings. The summed E-state index contributed by atoms with van der Waals surface area (Å²) in [5.41, 5.74) is 1.87. The summed E-state index contributed by atoms with van der Waals surface area (Å²) in [5, 5.41) is 18.2. The Balaban J connectivity index is 2.06. The molecule has 1 saturated heterocycles. The molecule has 2 rings (SSSR count). The number of likely N-dealkylation sites (tertiary alicyclic amines) is 1. The molecule has 0 unspecified atom stereocenters. The number of benzene rings is 1. The summed E-state index contributed by atoms with van der Waals surface area (Å²) in [4.78, 5) is 2.32. The molecule has 0 aromatic heterocycles. The molecule has 17 heavy (non-hydrogen) atoms. The number of hydrogen-bond acceptors (Lipinski definition) is 3. The van der Waals surface area contributed by atoms with E-state index >= 15 is 0 Å². The third-order valence-electron chi connectivity index (χ3n) is 3.40. The SMILES string of the molecule is N#Cc1cccc(CN2CCCC[C@H]2CO)c1. The molecule has 0 bridgehead atoms. The van der Waals surface area contributed by atoms with Gasteiger partial charge in [0, 0.05) is 12.6 Å². The lowest BCUT2D eigenvalue weighted by Gasteiger charge is -2.34. The number of aliphatic hydroxyl groups is 1. The number of rotatable bonds is 3. The second-order valence-corrected chi connectivity index (χ2v) is 4.61. The largest absolute Gasteiger partial charge is 0.395 e. The molecular weight excluding hydrogens is 212 g/mol. The summed E-state index contributed by atoms with van der Waals surface area (Å²) in [6.45, 7) is 2.11. The minimum Gasteiger partial charge on any atom is -0.395 e. The minimum atomic E-state index is 0.234. The summed E-state index contributed by atoms with van der Waals surface area (Å²) in [6.07, 6.45) is 3.49. The fourth-order valence-corrected chi connectivity index (χ4v) is 2.45. The first-order valence-electron chi connectivity index (χ1n) is 6.17. The fraction of sp³-hybridized carbons (Fsp3) is 0.500. The summed E-state index contributed by atoms with van der Waals surface area (Å²) >= 11 is 0. The summed E-state index contributed by atoms with van der Waals surface area (Å²) < 4.78 is 0. The Labute approximate surface area is 102 Å². The van der Waals surface area contributed by atoms with Crippen molar-refractivity contribution in [2.75, 3.05) is 13.2 Å². The topological polar surface area (TPSA) is 47.3 Å². The van der Waals surface area contributed by atoms with Crippen LogP contribution in [-0.4, -0.2) is 29.2 Å². The van der Waals surface area contributed by atoms with Crippen LogP contribution in [0.4, 0.5) is 0 Å². The lowest BCUT2D eigenvalue weighted by molar-refractivity contribution is 0.0841. The van der Waals surface area contributed by atoms with E-state index in [9.17, 15) is 5.11 Å². The van der Waals surface area contributed by atoms with E-state index < -0.39 is 0 Å². The van der Waals surface area contributed by atoms with Crippen molar-refractivity contribution in [2.24, 2.45) is 0 Å². The van der Waals surface area contributed by atoms with Gasteiger partial charge in [-0.15, -0.1) is 0 Å². The number of hydrogen-bond donors (Lipinski definition) is 1.